The van der Waals surface area contributed by atoms with E-state index < -0.39 is 0 Å². The summed E-state index contributed by atoms with van der Waals surface area (Å²) < 4.78 is 1.03. The number of nitrogens with one attached hydrogen (secondary N) is 1. The van der Waals surface area contributed by atoms with E-state index in [0.717, 1.165) is 23.0 Å². The largest absolute Gasteiger partial charge is 0.278 e. The third-order valence-electron chi connectivity index (χ3n) is 1.57. The number of hydrogen-bond donors (Lipinski definition) is 1. The number of hydrazone groups is 1. The fraction of sp³-hybridized carbons (Fsp3) is 0.300. The van der Waals surface area contributed by atoms with Gasteiger partial charge in [0, 0.05) is 10.7 Å². The van der Waals surface area contributed by atoms with Crippen LogP contribution >= 0.6 is 15.9 Å². The Labute approximate surface area is 87.2 Å². The monoisotopic (exact) mass is 240 g/mol. The van der Waals surface area contributed by atoms with Crippen molar-refractivity contribution in [3.8, 4) is 0 Å². The summed E-state index contributed by atoms with van der Waals surface area (Å²) in [7, 11) is 0. The lowest BCUT2D eigenvalue weighted by molar-refractivity contribution is 1.00. The molecular formula is C10H13BrN2. The second kappa shape index (κ2) is 5.75. The Morgan fingerprint density at radius 1 is 1.46 bits per heavy atom. The molecule has 0 aliphatic heterocycles. The van der Waals surface area contributed by atoms with Crippen molar-refractivity contribution in [3.63, 3.8) is 0 Å². The lowest BCUT2D eigenvalue weighted by Crippen LogP contribution is -1.89. The van der Waals surface area contributed by atoms with Crippen LogP contribution < -0.4 is 5.43 Å². The van der Waals surface area contributed by atoms with Gasteiger partial charge in [0.05, 0.1) is 5.69 Å². The molecule has 0 atom stereocenters. The molecule has 0 aliphatic rings. The molecule has 13 heavy (non-hydrogen) atoms. The highest BCUT2D eigenvalue weighted by molar-refractivity contribution is 9.10. The van der Waals surface area contributed by atoms with Crippen LogP contribution in [0.2, 0.25) is 0 Å². The van der Waals surface area contributed by atoms with E-state index in [1.165, 1.54) is 0 Å². The van der Waals surface area contributed by atoms with Crippen molar-refractivity contribution in [3.05, 3.63) is 28.7 Å². The Bertz CT molecular complexity index is 284. The molecule has 0 spiro atoms. The van der Waals surface area contributed by atoms with Gasteiger partial charge in [-0.1, -0.05) is 25.5 Å². The maximum absolute atomic E-state index is 4.09. The van der Waals surface area contributed by atoms with Gasteiger partial charge in [-0.2, -0.15) is 5.10 Å². The van der Waals surface area contributed by atoms with Gasteiger partial charge in [0.15, 0.2) is 0 Å². The normalized spacial score (nSPS) is 10.6. The molecule has 0 saturated heterocycles. The summed E-state index contributed by atoms with van der Waals surface area (Å²) in [4.78, 5) is 0. The fourth-order valence-corrected chi connectivity index (χ4v) is 1.23. The van der Waals surface area contributed by atoms with Crippen LogP contribution in [0.3, 0.4) is 0 Å². The molecule has 1 aromatic carbocycles. The molecule has 3 heteroatoms. The second-order valence-corrected chi connectivity index (χ2v) is 3.55. The highest BCUT2D eigenvalue weighted by atomic mass is 79.9. The van der Waals surface area contributed by atoms with Crippen molar-refractivity contribution in [1.82, 2.24) is 0 Å². The zero-order chi connectivity index (χ0) is 9.52. The van der Waals surface area contributed by atoms with Gasteiger partial charge in [-0.3, -0.25) is 5.43 Å². The Hall–Kier alpha value is -0.830. The zero-order valence-corrected chi connectivity index (χ0v) is 9.21. The minimum Gasteiger partial charge on any atom is -0.278 e. The van der Waals surface area contributed by atoms with E-state index in [4.69, 9.17) is 0 Å². The predicted molar refractivity (Wildman–Crippen MR) is 61.2 cm³/mol. The van der Waals surface area contributed by atoms with Crippen molar-refractivity contribution in [2.24, 2.45) is 5.10 Å². The van der Waals surface area contributed by atoms with Crippen LogP contribution in [0.5, 0.6) is 0 Å². The van der Waals surface area contributed by atoms with Gasteiger partial charge in [0.25, 0.3) is 0 Å². The number of anilines is 1. The van der Waals surface area contributed by atoms with Gasteiger partial charge in [-0.05, 0) is 34.5 Å². The van der Waals surface area contributed by atoms with Crippen LogP contribution in [0.15, 0.2) is 33.8 Å². The molecule has 0 unspecified atom stereocenters. The molecule has 0 fully saturated rings. The van der Waals surface area contributed by atoms with Gasteiger partial charge in [-0.25, -0.2) is 0 Å². The SMILES string of the molecule is CCC/C=N/Nc1ccccc1Br. The Morgan fingerprint density at radius 2 is 2.23 bits per heavy atom. The van der Waals surface area contributed by atoms with Crippen LogP contribution in [-0.2, 0) is 0 Å². The third kappa shape index (κ3) is 3.59. The molecule has 0 bridgehead atoms. The van der Waals surface area contributed by atoms with E-state index in [9.17, 15) is 0 Å². The fourth-order valence-electron chi connectivity index (χ4n) is 0.861. The number of rotatable bonds is 4. The van der Waals surface area contributed by atoms with Crippen molar-refractivity contribution in [1.29, 1.82) is 0 Å². The van der Waals surface area contributed by atoms with E-state index in [0.29, 0.717) is 0 Å². The van der Waals surface area contributed by atoms with E-state index in [1.54, 1.807) is 0 Å². The topological polar surface area (TPSA) is 24.4 Å². The standard InChI is InChI=1S/C10H13BrN2/c1-2-3-8-12-13-10-7-5-4-6-9(10)11/h4-8,13H,2-3H2,1H3/b12-8+. The molecule has 0 aromatic heterocycles. The number of hydrogen-bond acceptors (Lipinski definition) is 2. The lowest BCUT2D eigenvalue weighted by Gasteiger charge is -2.01. The number of unbranched alkanes of at least 4 members (excludes halogenated alkanes) is 1. The van der Waals surface area contributed by atoms with Crippen LogP contribution in [0.4, 0.5) is 5.69 Å². The first-order valence-corrected chi connectivity index (χ1v) is 5.16. The van der Waals surface area contributed by atoms with Crippen LogP contribution in [-0.4, -0.2) is 6.21 Å². The maximum Gasteiger partial charge on any atom is 0.0703 e. The molecule has 1 rings (SSSR count). The third-order valence-corrected chi connectivity index (χ3v) is 2.26. The van der Waals surface area contributed by atoms with Crippen molar-refractivity contribution in [2.75, 3.05) is 5.43 Å². The van der Waals surface area contributed by atoms with E-state index in [2.05, 4.69) is 33.4 Å². The Morgan fingerprint density at radius 3 is 2.92 bits per heavy atom. The summed E-state index contributed by atoms with van der Waals surface area (Å²) in [6, 6.07) is 7.92. The number of halogens is 1. The van der Waals surface area contributed by atoms with Gasteiger partial charge in [-0.15, -0.1) is 0 Å². The van der Waals surface area contributed by atoms with Gasteiger partial charge in [0.1, 0.15) is 0 Å². The maximum atomic E-state index is 4.09. The number of para-hydroxylation sites is 1. The summed E-state index contributed by atoms with van der Waals surface area (Å²) in [6.07, 6.45) is 4.03. The summed E-state index contributed by atoms with van der Waals surface area (Å²) in [5, 5.41) is 4.09. The molecule has 0 aliphatic carbocycles. The summed E-state index contributed by atoms with van der Waals surface area (Å²) in [5.41, 5.74) is 3.97. The molecule has 2 nitrogen and oxygen atoms in total. The molecule has 1 N–H and O–H groups in total. The van der Waals surface area contributed by atoms with E-state index >= 15 is 0 Å². The molecular weight excluding hydrogens is 228 g/mol. The summed E-state index contributed by atoms with van der Waals surface area (Å²) >= 11 is 3.43. The first kappa shape index (κ1) is 10.3. The molecule has 0 saturated carbocycles. The summed E-state index contributed by atoms with van der Waals surface area (Å²) in [5.74, 6) is 0. The molecule has 0 radical (unpaired) electrons. The second-order valence-electron chi connectivity index (χ2n) is 2.69. The first-order chi connectivity index (χ1) is 6.34. The summed E-state index contributed by atoms with van der Waals surface area (Å²) in [6.45, 7) is 2.13. The highest BCUT2D eigenvalue weighted by Gasteiger charge is 1.93. The van der Waals surface area contributed by atoms with Crippen LogP contribution in [0.25, 0.3) is 0 Å². The van der Waals surface area contributed by atoms with E-state index in [-0.39, 0.29) is 0 Å². The minimum absolute atomic E-state index is 0.995. The quantitative estimate of drug-likeness (QED) is 0.631. The molecule has 70 valence electrons. The minimum atomic E-state index is 0.995. The number of nitrogens with zero attached hydrogens (tertiary/aromatic N) is 1. The zero-order valence-electron chi connectivity index (χ0n) is 7.63. The average Bonchev–Trinajstić information content (AvgIpc) is 2.15. The Kier molecular flexibility index (Phi) is 4.54. The Balaban J connectivity index is 2.49. The smallest absolute Gasteiger partial charge is 0.0703 e. The lowest BCUT2D eigenvalue weighted by atomic mass is 10.3. The van der Waals surface area contributed by atoms with E-state index in [1.807, 2.05) is 30.5 Å². The van der Waals surface area contributed by atoms with Gasteiger partial charge in [0.2, 0.25) is 0 Å². The molecule has 0 heterocycles. The van der Waals surface area contributed by atoms with Crippen molar-refractivity contribution < 1.29 is 0 Å². The van der Waals surface area contributed by atoms with Crippen molar-refractivity contribution >= 4 is 27.8 Å². The van der Waals surface area contributed by atoms with Crippen LogP contribution in [0, 0.1) is 0 Å². The molecule has 0 amide bonds. The van der Waals surface area contributed by atoms with Gasteiger partial charge >= 0.3 is 0 Å². The average molecular weight is 241 g/mol. The van der Waals surface area contributed by atoms with Crippen LogP contribution in [0.1, 0.15) is 19.8 Å². The first-order valence-electron chi connectivity index (χ1n) is 4.36. The highest BCUT2D eigenvalue weighted by Crippen LogP contribution is 2.20. The molecule has 1 aromatic rings. The number of benzene rings is 1. The van der Waals surface area contributed by atoms with Crippen molar-refractivity contribution in [2.45, 2.75) is 19.8 Å². The predicted octanol–water partition coefficient (Wildman–Crippen LogP) is 3.65. The van der Waals surface area contributed by atoms with Gasteiger partial charge < -0.3 is 0 Å².